The van der Waals surface area contributed by atoms with Crippen molar-refractivity contribution in [2.24, 2.45) is 5.73 Å². The van der Waals surface area contributed by atoms with Crippen LogP contribution in [0.3, 0.4) is 0 Å². The van der Waals surface area contributed by atoms with Crippen molar-refractivity contribution in [3.05, 3.63) is 35.8 Å². The van der Waals surface area contributed by atoms with Gasteiger partial charge in [-0.2, -0.15) is 0 Å². The zero-order valence-electron chi connectivity index (χ0n) is 12.3. The van der Waals surface area contributed by atoms with Crippen LogP contribution in [0.15, 0.2) is 24.4 Å². The van der Waals surface area contributed by atoms with E-state index in [-0.39, 0.29) is 18.1 Å². The molecule has 0 radical (unpaired) electrons. The van der Waals surface area contributed by atoms with Crippen LogP contribution >= 0.6 is 0 Å². The molecule has 2 aromatic rings. The monoisotopic (exact) mass is 288 g/mol. The fourth-order valence-electron chi connectivity index (χ4n) is 2.99. The van der Waals surface area contributed by atoms with E-state index in [9.17, 15) is 4.79 Å². The lowest BCUT2D eigenvalue weighted by Crippen LogP contribution is -2.39. The molecular weight excluding hydrogens is 268 g/mol. The van der Waals surface area contributed by atoms with Crippen LogP contribution in [0.4, 0.5) is 0 Å². The van der Waals surface area contributed by atoms with Gasteiger partial charge in [0.05, 0.1) is 17.8 Å². The predicted octanol–water partition coefficient (Wildman–Crippen LogP) is 0.717. The SMILES string of the molecule is CO[C@H]1C[C@@H](C(N)=O)N(Cc2cn3c(C)cccc3n2)C1. The Labute approximate surface area is 123 Å². The number of carbonyl (C=O) groups excluding carboxylic acids is 1. The van der Waals surface area contributed by atoms with Gasteiger partial charge in [-0.15, -0.1) is 0 Å². The van der Waals surface area contributed by atoms with Gasteiger partial charge in [0.1, 0.15) is 5.65 Å². The van der Waals surface area contributed by atoms with Crippen LogP contribution < -0.4 is 5.73 Å². The molecule has 0 aliphatic carbocycles. The Kier molecular flexibility index (Phi) is 3.65. The molecule has 1 fully saturated rings. The van der Waals surface area contributed by atoms with E-state index in [1.165, 1.54) is 0 Å². The maximum atomic E-state index is 11.6. The van der Waals surface area contributed by atoms with Gasteiger partial charge < -0.3 is 14.9 Å². The first kappa shape index (κ1) is 14.0. The van der Waals surface area contributed by atoms with Crippen molar-refractivity contribution in [1.29, 1.82) is 0 Å². The number of likely N-dealkylation sites (tertiary alicyclic amines) is 1. The number of ether oxygens (including phenoxy) is 1. The molecule has 2 aromatic heterocycles. The molecule has 6 heteroatoms. The van der Waals surface area contributed by atoms with Gasteiger partial charge in [0.2, 0.25) is 5.91 Å². The number of nitrogens with two attached hydrogens (primary N) is 1. The molecule has 0 saturated carbocycles. The lowest BCUT2D eigenvalue weighted by atomic mass is 10.2. The van der Waals surface area contributed by atoms with Gasteiger partial charge >= 0.3 is 0 Å². The Hall–Kier alpha value is -1.92. The largest absolute Gasteiger partial charge is 0.380 e. The van der Waals surface area contributed by atoms with Gasteiger partial charge in [0, 0.05) is 32.1 Å². The summed E-state index contributed by atoms with van der Waals surface area (Å²) in [7, 11) is 1.67. The molecule has 0 bridgehead atoms. The Morgan fingerprint density at radius 1 is 1.52 bits per heavy atom. The molecule has 3 rings (SSSR count). The van der Waals surface area contributed by atoms with Crippen molar-refractivity contribution in [3.8, 4) is 0 Å². The summed E-state index contributed by atoms with van der Waals surface area (Å²) in [5, 5.41) is 0. The topological polar surface area (TPSA) is 72.9 Å². The Bertz CT molecular complexity index is 667. The molecule has 21 heavy (non-hydrogen) atoms. The van der Waals surface area contributed by atoms with Crippen molar-refractivity contribution in [2.75, 3.05) is 13.7 Å². The van der Waals surface area contributed by atoms with Crippen LogP contribution in [0.2, 0.25) is 0 Å². The highest BCUT2D eigenvalue weighted by Gasteiger charge is 2.35. The second-order valence-corrected chi connectivity index (χ2v) is 5.57. The van der Waals surface area contributed by atoms with E-state index in [1.807, 2.05) is 36.2 Å². The van der Waals surface area contributed by atoms with Gasteiger partial charge in [-0.3, -0.25) is 9.69 Å². The first-order valence-electron chi connectivity index (χ1n) is 7.08. The summed E-state index contributed by atoms with van der Waals surface area (Å²) >= 11 is 0. The number of aryl methyl sites for hydroxylation is 1. The number of methoxy groups -OCH3 is 1. The fraction of sp³-hybridized carbons (Fsp3) is 0.467. The van der Waals surface area contributed by atoms with E-state index in [0.29, 0.717) is 19.5 Å². The third kappa shape index (κ3) is 2.64. The second-order valence-electron chi connectivity index (χ2n) is 5.57. The molecule has 1 aliphatic rings. The molecule has 3 heterocycles. The number of rotatable bonds is 4. The number of hydrogen-bond donors (Lipinski definition) is 1. The third-order valence-corrected chi connectivity index (χ3v) is 4.14. The Morgan fingerprint density at radius 2 is 2.33 bits per heavy atom. The average Bonchev–Trinajstić information content (AvgIpc) is 3.03. The van der Waals surface area contributed by atoms with Gasteiger partial charge in [0.15, 0.2) is 0 Å². The number of carbonyl (C=O) groups is 1. The second kappa shape index (κ2) is 5.46. The van der Waals surface area contributed by atoms with Gasteiger partial charge in [-0.1, -0.05) is 6.07 Å². The quantitative estimate of drug-likeness (QED) is 0.899. The first-order valence-corrected chi connectivity index (χ1v) is 7.08. The predicted molar refractivity (Wildman–Crippen MR) is 78.7 cm³/mol. The molecule has 6 nitrogen and oxygen atoms in total. The Balaban J connectivity index is 1.83. The molecule has 1 aliphatic heterocycles. The molecule has 1 amide bonds. The zero-order chi connectivity index (χ0) is 15.0. The van der Waals surface area contributed by atoms with Crippen LogP contribution in [0.25, 0.3) is 5.65 Å². The maximum Gasteiger partial charge on any atom is 0.234 e. The number of aromatic nitrogens is 2. The summed E-state index contributed by atoms with van der Waals surface area (Å²) in [6, 6.07) is 5.73. The lowest BCUT2D eigenvalue weighted by Gasteiger charge is -2.20. The number of nitrogens with zero attached hydrogens (tertiary/aromatic N) is 3. The highest BCUT2D eigenvalue weighted by atomic mass is 16.5. The molecular formula is C15H20N4O2. The summed E-state index contributed by atoms with van der Waals surface area (Å²) in [5.74, 6) is -0.297. The van der Waals surface area contributed by atoms with Crippen molar-refractivity contribution in [1.82, 2.24) is 14.3 Å². The van der Waals surface area contributed by atoms with Gasteiger partial charge in [-0.25, -0.2) is 4.98 Å². The number of fused-ring (bicyclic) bond motifs is 1. The first-order chi connectivity index (χ1) is 10.1. The van der Waals surface area contributed by atoms with Crippen molar-refractivity contribution < 1.29 is 9.53 Å². The van der Waals surface area contributed by atoms with Crippen LogP contribution in [0.5, 0.6) is 0 Å². The number of primary amides is 1. The van der Waals surface area contributed by atoms with Crippen LogP contribution in [-0.2, 0) is 16.1 Å². The number of imidazole rings is 1. The summed E-state index contributed by atoms with van der Waals surface area (Å²) in [5.41, 5.74) is 8.49. The summed E-state index contributed by atoms with van der Waals surface area (Å²) in [4.78, 5) is 18.2. The normalized spacial score (nSPS) is 23.0. The molecule has 2 N–H and O–H groups in total. The van der Waals surface area contributed by atoms with Crippen LogP contribution in [-0.4, -0.2) is 46.0 Å². The van der Waals surface area contributed by atoms with E-state index in [0.717, 1.165) is 17.0 Å². The summed E-state index contributed by atoms with van der Waals surface area (Å²) in [6.07, 6.45) is 2.72. The van der Waals surface area contributed by atoms with E-state index in [2.05, 4.69) is 9.38 Å². The minimum Gasteiger partial charge on any atom is -0.380 e. The Morgan fingerprint density at radius 3 is 3.00 bits per heavy atom. The van der Waals surface area contributed by atoms with Gasteiger partial charge in [-0.05, 0) is 25.5 Å². The van der Waals surface area contributed by atoms with Crippen molar-refractivity contribution in [3.63, 3.8) is 0 Å². The van der Waals surface area contributed by atoms with E-state index >= 15 is 0 Å². The minimum atomic E-state index is -0.297. The lowest BCUT2D eigenvalue weighted by molar-refractivity contribution is -0.122. The van der Waals surface area contributed by atoms with E-state index < -0.39 is 0 Å². The maximum absolute atomic E-state index is 11.6. The number of hydrogen-bond acceptors (Lipinski definition) is 4. The standard InChI is InChI=1S/C15H20N4O2/c1-10-4-3-5-14-17-11(8-19(10)14)7-18-9-12(21-2)6-13(18)15(16)20/h3-5,8,12-13H,6-7,9H2,1-2H3,(H2,16,20)/t12-,13-/m0/s1. The summed E-state index contributed by atoms with van der Waals surface area (Å²) in [6.45, 7) is 3.35. The highest BCUT2D eigenvalue weighted by Crippen LogP contribution is 2.22. The fourth-order valence-corrected chi connectivity index (χ4v) is 2.99. The smallest absolute Gasteiger partial charge is 0.234 e. The zero-order valence-corrected chi connectivity index (χ0v) is 12.3. The van der Waals surface area contributed by atoms with Crippen molar-refractivity contribution in [2.45, 2.75) is 32.0 Å². The van der Waals surface area contributed by atoms with E-state index in [4.69, 9.17) is 10.5 Å². The molecule has 1 saturated heterocycles. The van der Waals surface area contributed by atoms with Crippen molar-refractivity contribution >= 4 is 11.6 Å². The third-order valence-electron chi connectivity index (χ3n) is 4.14. The number of pyridine rings is 1. The molecule has 0 aromatic carbocycles. The van der Waals surface area contributed by atoms with Crippen LogP contribution in [0, 0.1) is 6.92 Å². The molecule has 0 spiro atoms. The highest BCUT2D eigenvalue weighted by molar-refractivity contribution is 5.80. The average molecular weight is 288 g/mol. The number of amides is 1. The molecule has 112 valence electrons. The van der Waals surface area contributed by atoms with E-state index in [1.54, 1.807) is 7.11 Å². The van der Waals surface area contributed by atoms with Gasteiger partial charge in [0.25, 0.3) is 0 Å². The molecule has 0 unspecified atom stereocenters. The molecule has 2 atom stereocenters. The minimum absolute atomic E-state index is 0.0567. The summed E-state index contributed by atoms with van der Waals surface area (Å²) < 4.78 is 7.42. The van der Waals surface area contributed by atoms with Crippen LogP contribution in [0.1, 0.15) is 17.8 Å².